The Morgan fingerprint density at radius 2 is 2.25 bits per heavy atom. The minimum atomic E-state index is 0.787. The predicted octanol–water partition coefficient (Wildman–Crippen LogP) is 1.59. The van der Waals surface area contributed by atoms with Crippen LogP contribution in [0.1, 0.15) is 18.3 Å². The molecule has 0 fully saturated rings. The number of pyridine rings is 1. The SMILES string of the molecule is CCn1ccnc1CNCc1cccnc1. The molecule has 0 unspecified atom stereocenters. The van der Waals surface area contributed by atoms with E-state index in [2.05, 4.69) is 32.8 Å². The minimum Gasteiger partial charge on any atom is -0.334 e. The van der Waals surface area contributed by atoms with Gasteiger partial charge in [0.1, 0.15) is 5.82 Å². The molecule has 4 nitrogen and oxygen atoms in total. The van der Waals surface area contributed by atoms with Crippen LogP contribution in [0, 0.1) is 0 Å². The van der Waals surface area contributed by atoms with Gasteiger partial charge in [-0.05, 0) is 18.6 Å². The van der Waals surface area contributed by atoms with Gasteiger partial charge < -0.3 is 9.88 Å². The van der Waals surface area contributed by atoms with Gasteiger partial charge >= 0.3 is 0 Å². The summed E-state index contributed by atoms with van der Waals surface area (Å²) in [6.45, 7) is 4.69. The third kappa shape index (κ3) is 2.67. The molecule has 0 aliphatic carbocycles. The fraction of sp³-hybridized carbons (Fsp3) is 0.333. The largest absolute Gasteiger partial charge is 0.334 e. The number of nitrogens with one attached hydrogen (secondary N) is 1. The predicted molar refractivity (Wildman–Crippen MR) is 62.7 cm³/mol. The van der Waals surface area contributed by atoms with E-state index in [0.717, 1.165) is 25.5 Å². The van der Waals surface area contributed by atoms with Crippen molar-refractivity contribution in [1.29, 1.82) is 0 Å². The molecule has 4 heteroatoms. The van der Waals surface area contributed by atoms with Crippen molar-refractivity contribution in [3.63, 3.8) is 0 Å². The third-order valence-corrected chi connectivity index (χ3v) is 2.48. The second-order valence-corrected chi connectivity index (χ2v) is 3.59. The Hall–Kier alpha value is -1.68. The molecule has 84 valence electrons. The van der Waals surface area contributed by atoms with Gasteiger partial charge in [0.15, 0.2) is 0 Å². The highest BCUT2D eigenvalue weighted by Crippen LogP contribution is 1.99. The first-order valence-electron chi connectivity index (χ1n) is 5.49. The summed E-state index contributed by atoms with van der Waals surface area (Å²) < 4.78 is 2.14. The molecule has 2 aromatic heterocycles. The van der Waals surface area contributed by atoms with Crippen LogP contribution in [-0.2, 0) is 19.6 Å². The number of rotatable bonds is 5. The van der Waals surface area contributed by atoms with Crippen LogP contribution < -0.4 is 5.32 Å². The van der Waals surface area contributed by atoms with E-state index in [-0.39, 0.29) is 0 Å². The third-order valence-electron chi connectivity index (χ3n) is 2.48. The quantitative estimate of drug-likeness (QED) is 0.825. The Kier molecular flexibility index (Phi) is 3.66. The van der Waals surface area contributed by atoms with E-state index in [1.54, 1.807) is 6.20 Å². The average molecular weight is 216 g/mol. The highest BCUT2D eigenvalue weighted by atomic mass is 15.1. The maximum Gasteiger partial charge on any atom is 0.122 e. The van der Waals surface area contributed by atoms with Gasteiger partial charge in [-0.2, -0.15) is 0 Å². The fourth-order valence-corrected chi connectivity index (χ4v) is 1.62. The molecule has 0 aromatic carbocycles. The molecule has 0 saturated carbocycles. The zero-order valence-corrected chi connectivity index (χ0v) is 9.43. The first-order valence-corrected chi connectivity index (χ1v) is 5.49. The monoisotopic (exact) mass is 216 g/mol. The van der Waals surface area contributed by atoms with E-state index in [0.29, 0.717) is 0 Å². The van der Waals surface area contributed by atoms with E-state index >= 15 is 0 Å². The number of hydrogen-bond acceptors (Lipinski definition) is 3. The molecule has 0 radical (unpaired) electrons. The van der Waals surface area contributed by atoms with Gasteiger partial charge in [-0.3, -0.25) is 4.98 Å². The van der Waals surface area contributed by atoms with Crippen molar-refractivity contribution in [2.75, 3.05) is 0 Å². The molecule has 2 aromatic rings. The van der Waals surface area contributed by atoms with Crippen LogP contribution in [0.2, 0.25) is 0 Å². The van der Waals surface area contributed by atoms with Gasteiger partial charge in [0.2, 0.25) is 0 Å². The van der Waals surface area contributed by atoms with E-state index in [4.69, 9.17) is 0 Å². The van der Waals surface area contributed by atoms with E-state index < -0.39 is 0 Å². The van der Waals surface area contributed by atoms with Crippen LogP contribution in [0.15, 0.2) is 36.9 Å². The van der Waals surface area contributed by atoms with Gasteiger partial charge in [0.05, 0.1) is 6.54 Å². The van der Waals surface area contributed by atoms with E-state index in [1.165, 1.54) is 5.56 Å². The number of nitrogens with zero attached hydrogens (tertiary/aromatic N) is 3. The van der Waals surface area contributed by atoms with Crippen LogP contribution in [0.5, 0.6) is 0 Å². The molecule has 2 heterocycles. The minimum absolute atomic E-state index is 0.787. The van der Waals surface area contributed by atoms with Crippen LogP contribution in [-0.4, -0.2) is 14.5 Å². The lowest BCUT2D eigenvalue weighted by Gasteiger charge is -2.06. The summed E-state index contributed by atoms with van der Waals surface area (Å²) in [4.78, 5) is 8.38. The summed E-state index contributed by atoms with van der Waals surface area (Å²) in [6, 6.07) is 4.01. The maximum absolute atomic E-state index is 4.30. The van der Waals surface area contributed by atoms with Gasteiger partial charge in [0.25, 0.3) is 0 Å². The molecule has 0 aliphatic rings. The van der Waals surface area contributed by atoms with Crippen molar-refractivity contribution in [3.05, 3.63) is 48.3 Å². The molecule has 0 amide bonds. The second-order valence-electron chi connectivity index (χ2n) is 3.59. The van der Waals surface area contributed by atoms with Crippen molar-refractivity contribution in [2.45, 2.75) is 26.6 Å². The summed E-state index contributed by atoms with van der Waals surface area (Å²) in [6.07, 6.45) is 7.50. The Morgan fingerprint density at radius 1 is 1.31 bits per heavy atom. The second kappa shape index (κ2) is 5.42. The smallest absolute Gasteiger partial charge is 0.122 e. The molecule has 16 heavy (non-hydrogen) atoms. The average Bonchev–Trinajstić information content (AvgIpc) is 2.78. The van der Waals surface area contributed by atoms with Crippen molar-refractivity contribution < 1.29 is 0 Å². The van der Waals surface area contributed by atoms with E-state index in [1.807, 2.05) is 24.7 Å². The molecule has 2 rings (SSSR count). The van der Waals surface area contributed by atoms with Crippen LogP contribution in [0.3, 0.4) is 0 Å². The van der Waals surface area contributed by atoms with Gasteiger partial charge in [-0.25, -0.2) is 4.98 Å². The highest BCUT2D eigenvalue weighted by Gasteiger charge is 1.99. The van der Waals surface area contributed by atoms with Crippen LogP contribution in [0.25, 0.3) is 0 Å². The van der Waals surface area contributed by atoms with Crippen molar-refractivity contribution >= 4 is 0 Å². The number of aryl methyl sites for hydroxylation is 1. The summed E-state index contributed by atoms with van der Waals surface area (Å²) >= 11 is 0. The zero-order valence-electron chi connectivity index (χ0n) is 9.43. The van der Waals surface area contributed by atoms with Gasteiger partial charge in [-0.1, -0.05) is 6.07 Å². The first-order chi connectivity index (χ1) is 7.90. The molecular weight excluding hydrogens is 200 g/mol. The summed E-state index contributed by atoms with van der Waals surface area (Å²) in [7, 11) is 0. The topological polar surface area (TPSA) is 42.7 Å². The van der Waals surface area contributed by atoms with Crippen LogP contribution in [0.4, 0.5) is 0 Å². The van der Waals surface area contributed by atoms with Crippen molar-refractivity contribution in [1.82, 2.24) is 19.9 Å². The highest BCUT2D eigenvalue weighted by molar-refractivity contribution is 5.08. The summed E-state index contributed by atoms with van der Waals surface area (Å²) in [5.41, 5.74) is 1.19. The Labute approximate surface area is 95.4 Å². The first kappa shape index (κ1) is 10.8. The Morgan fingerprint density at radius 3 is 3.00 bits per heavy atom. The maximum atomic E-state index is 4.30. The lowest BCUT2D eigenvalue weighted by atomic mass is 10.3. The van der Waals surface area contributed by atoms with E-state index in [9.17, 15) is 0 Å². The zero-order chi connectivity index (χ0) is 11.2. The standard InChI is InChI=1S/C12H16N4/c1-2-16-7-6-15-12(16)10-14-9-11-4-3-5-13-8-11/h3-8,14H,2,9-10H2,1H3. The van der Waals surface area contributed by atoms with Gasteiger partial charge in [0, 0.05) is 37.9 Å². The molecule has 0 atom stereocenters. The molecule has 0 saturated heterocycles. The lowest BCUT2D eigenvalue weighted by molar-refractivity contribution is 0.612. The normalized spacial score (nSPS) is 10.6. The summed E-state index contributed by atoms with van der Waals surface area (Å²) in [5.74, 6) is 1.08. The lowest BCUT2D eigenvalue weighted by Crippen LogP contribution is -2.16. The molecule has 1 N–H and O–H groups in total. The number of hydrogen-bond donors (Lipinski definition) is 1. The number of aromatic nitrogens is 3. The van der Waals surface area contributed by atoms with Crippen LogP contribution >= 0.6 is 0 Å². The molecular formula is C12H16N4. The molecule has 0 spiro atoms. The fourth-order valence-electron chi connectivity index (χ4n) is 1.62. The van der Waals surface area contributed by atoms with Gasteiger partial charge in [-0.15, -0.1) is 0 Å². The summed E-state index contributed by atoms with van der Waals surface area (Å²) in [5, 5.41) is 3.36. The van der Waals surface area contributed by atoms with Crippen molar-refractivity contribution in [3.8, 4) is 0 Å². The van der Waals surface area contributed by atoms with Crippen molar-refractivity contribution in [2.24, 2.45) is 0 Å². The molecule has 0 bridgehead atoms. The molecule has 0 aliphatic heterocycles. The Bertz CT molecular complexity index is 422. The number of imidazole rings is 1. The Balaban J connectivity index is 1.85.